The van der Waals surface area contributed by atoms with Crippen molar-refractivity contribution in [1.29, 1.82) is 0 Å². The van der Waals surface area contributed by atoms with Crippen LogP contribution in [-0.2, 0) is 18.4 Å². The summed E-state index contributed by atoms with van der Waals surface area (Å²) in [5, 5.41) is 4.59. The fraction of sp³-hybridized carbons (Fsp3) is 0.350. The summed E-state index contributed by atoms with van der Waals surface area (Å²) in [6, 6.07) is 5.24. The van der Waals surface area contributed by atoms with Crippen molar-refractivity contribution in [1.82, 2.24) is 14.9 Å². The molecule has 1 unspecified atom stereocenters. The molecule has 0 spiro atoms. The Hall–Kier alpha value is -2.74. The molecule has 148 valence electrons. The van der Waals surface area contributed by atoms with Crippen LogP contribution in [-0.4, -0.2) is 27.8 Å². The van der Waals surface area contributed by atoms with E-state index in [-0.39, 0.29) is 11.5 Å². The highest BCUT2D eigenvalue weighted by Gasteiger charge is 2.16. The highest BCUT2D eigenvalue weighted by atomic mass is 32.2. The fourth-order valence-corrected chi connectivity index (χ4v) is 3.41. The molecule has 1 amide bonds. The SMILES string of the molecule is CSc1ncc(CNC(=O)C(C)Oc2ccc3c(C)c(C)c(=O)oc3c2)n1C. The molecule has 3 aromatic rings. The van der Waals surface area contributed by atoms with E-state index in [1.165, 1.54) is 0 Å². The number of aromatic nitrogens is 2. The minimum absolute atomic E-state index is 0.242. The van der Waals surface area contributed by atoms with Crippen LogP contribution in [0, 0.1) is 13.8 Å². The number of aryl methyl sites for hydroxylation is 1. The van der Waals surface area contributed by atoms with Gasteiger partial charge in [-0.15, -0.1) is 0 Å². The third kappa shape index (κ3) is 3.91. The second kappa shape index (κ2) is 8.10. The van der Waals surface area contributed by atoms with Gasteiger partial charge in [0.2, 0.25) is 0 Å². The average Bonchev–Trinajstić information content (AvgIpc) is 3.03. The molecule has 0 saturated carbocycles. The lowest BCUT2D eigenvalue weighted by Gasteiger charge is -2.15. The molecule has 0 saturated heterocycles. The summed E-state index contributed by atoms with van der Waals surface area (Å²) < 4.78 is 13.0. The molecular weight excluding hydrogens is 378 g/mol. The number of amides is 1. The van der Waals surface area contributed by atoms with Crippen LogP contribution in [0.1, 0.15) is 23.7 Å². The quantitative estimate of drug-likeness (QED) is 0.505. The van der Waals surface area contributed by atoms with Gasteiger partial charge >= 0.3 is 5.63 Å². The maximum Gasteiger partial charge on any atom is 0.339 e. The smallest absolute Gasteiger partial charge is 0.339 e. The molecule has 0 aliphatic carbocycles. The zero-order chi connectivity index (χ0) is 20.4. The van der Waals surface area contributed by atoms with Crippen molar-refractivity contribution in [2.45, 2.75) is 38.6 Å². The van der Waals surface area contributed by atoms with Gasteiger partial charge in [-0.2, -0.15) is 0 Å². The monoisotopic (exact) mass is 401 g/mol. The van der Waals surface area contributed by atoms with Gasteiger partial charge in [0.25, 0.3) is 5.91 Å². The van der Waals surface area contributed by atoms with Gasteiger partial charge in [-0.05, 0) is 44.7 Å². The molecule has 28 heavy (non-hydrogen) atoms. The first-order chi connectivity index (χ1) is 13.3. The Morgan fingerprint density at radius 3 is 2.79 bits per heavy atom. The number of benzene rings is 1. The Kier molecular flexibility index (Phi) is 5.79. The minimum Gasteiger partial charge on any atom is -0.481 e. The van der Waals surface area contributed by atoms with Gasteiger partial charge in [0.1, 0.15) is 11.3 Å². The van der Waals surface area contributed by atoms with E-state index in [0.717, 1.165) is 21.8 Å². The summed E-state index contributed by atoms with van der Waals surface area (Å²) in [6.07, 6.45) is 2.99. The van der Waals surface area contributed by atoms with Crippen molar-refractivity contribution >= 4 is 28.6 Å². The van der Waals surface area contributed by atoms with E-state index in [1.807, 2.05) is 30.9 Å². The molecular formula is C20H23N3O4S. The van der Waals surface area contributed by atoms with Crippen LogP contribution in [0.3, 0.4) is 0 Å². The summed E-state index contributed by atoms with van der Waals surface area (Å²) in [7, 11) is 1.91. The second-order valence-corrected chi connectivity index (χ2v) is 7.34. The number of hydrogen-bond acceptors (Lipinski definition) is 6. The number of nitrogens with one attached hydrogen (secondary N) is 1. The molecule has 1 atom stereocenters. The van der Waals surface area contributed by atoms with Crippen molar-refractivity contribution < 1.29 is 13.9 Å². The van der Waals surface area contributed by atoms with Crippen LogP contribution in [0.5, 0.6) is 5.75 Å². The van der Waals surface area contributed by atoms with Gasteiger partial charge < -0.3 is 19.0 Å². The van der Waals surface area contributed by atoms with Crippen LogP contribution in [0.25, 0.3) is 11.0 Å². The van der Waals surface area contributed by atoms with Crippen LogP contribution in [0.15, 0.2) is 38.8 Å². The molecule has 3 rings (SSSR count). The number of thioether (sulfide) groups is 1. The van der Waals surface area contributed by atoms with Crippen LogP contribution in [0.2, 0.25) is 0 Å². The highest BCUT2D eigenvalue weighted by Crippen LogP contribution is 2.24. The molecule has 7 nitrogen and oxygen atoms in total. The standard InChI is InChI=1S/C20H23N3O4S/c1-11-12(2)19(25)27-17-8-15(6-7-16(11)17)26-13(3)18(24)21-9-14-10-22-20(28-5)23(14)4/h6-8,10,13H,9H2,1-5H3,(H,21,24). The largest absolute Gasteiger partial charge is 0.481 e. The zero-order valence-corrected chi connectivity index (χ0v) is 17.3. The van der Waals surface area contributed by atoms with E-state index in [2.05, 4.69) is 10.3 Å². The van der Waals surface area contributed by atoms with Crippen molar-refractivity contribution in [2.24, 2.45) is 7.05 Å². The maximum absolute atomic E-state index is 12.4. The van der Waals surface area contributed by atoms with E-state index in [1.54, 1.807) is 43.9 Å². The Balaban J connectivity index is 1.68. The zero-order valence-electron chi connectivity index (χ0n) is 16.5. The summed E-state index contributed by atoms with van der Waals surface area (Å²) in [4.78, 5) is 28.5. The Labute approximate surface area is 167 Å². The van der Waals surface area contributed by atoms with Crippen molar-refractivity contribution in [3.8, 4) is 5.75 Å². The van der Waals surface area contributed by atoms with Crippen molar-refractivity contribution in [3.63, 3.8) is 0 Å². The number of nitrogens with zero attached hydrogens (tertiary/aromatic N) is 2. The number of carbonyl (C=O) groups is 1. The van der Waals surface area contributed by atoms with Gasteiger partial charge in [-0.1, -0.05) is 11.8 Å². The van der Waals surface area contributed by atoms with Crippen molar-refractivity contribution in [2.75, 3.05) is 6.26 Å². The van der Waals surface area contributed by atoms with E-state index in [9.17, 15) is 9.59 Å². The number of fused-ring (bicyclic) bond motifs is 1. The molecule has 1 N–H and O–H groups in total. The van der Waals surface area contributed by atoms with Crippen LogP contribution >= 0.6 is 11.8 Å². The van der Waals surface area contributed by atoms with Crippen LogP contribution in [0.4, 0.5) is 0 Å². The average molecular weight is 401 g/mol. The first-order valence-electron chi connectivity index (χ1n) is 8.84. The molecule has 0 aliphatic rings. The summed E-state index contributed by atoms with van der Waals surface area (Å²) >= 11 is 1.55. The molecule has 1 aromatic carbocycles. The lowest BCUT2D eigenvalue weighted by atomic mass is 10.1. The number of carbonyl (C=O) groups excluding carboxylic acids is 1. The van der Waals surface area contributed by atoms with Gasteiger partial charge in [0, 0.05) is 24.1 Å². The molecule has 0 aliphatic heterocycles. The number of hydrogen-bond donors (Lipinski definition) is 1. The minimum atomic E-state index is -0.705. The number of rotatable bonds is 6. The van der Waals surface area contributed by atoms with Crippen molar-refractivity contribution in [3.05, 3.63) is 51.6 Å². The first-order valence-corrected chi connectivity index (χ1v) is 10.1. The Morgan fingerprint density at radius 1 is 1.36 bits per heavy atom. The lowest BCUT2D eigenvalue weighted by molar-refractivity contribution is -0.127. The normalized spacial score (nSPS) is 12.2. The van der Waals surface area contributed by atoms with Gasteiger partial charge in [-0.3, -0.25) is 4.79 Å². The summed E-state index contributed by atoms with van der Waals surface area (Å²) in [6.45, 7) is 5.66. The molecule has 0 bridgehead atoms. The molecule has 8 heteroatoms. The van der Waals surface area contributed by atoms with Gasteiger partial charge in [0.05, 0.1) is 18.4 Å². The molecule has 0 fully saturated rings. The third-order valence-corrected chi connectivity index (χ3v) is 5.52. The van der Waals surface area contributed by atoms with E-state index >= 15 is 0 Å². The van der Waals surface area contributed by atoms with Gasteiger partial charge in [-0.25, -0.2) is 9.78 Å². The molecule has 2 heterocycles. The second-order valence-electron chi connectivity index (χ2n) is 6.57. The molecule has 0 radical (unpaired) electrons. The fourth-order valence-electron chi connectivity index (χ4n) is 2.86. The highest BCUT2D eigenvalue weighted by molar-refractivity contribution is 7.98. The molecule has 2 aromatic heterocycles. The maximum atomic E-state index is 12.4. The predicted octanol–water partition coefficient (Wildman–Crippen LogP) is 2.95. The Morgan fingerprint density at radius 2 is 2.11 bits per heavy atom. The van der Waals surface area contributed by atoms with E-state index < -0.39 is 6.10 Å². The van der Waals surface area contributed by atoms with Gasteiger partial charge in [0.15, 0.2) is 11.3 Å². The number of ether oxygens (including phenoxy) is 1. The van der Waals surface area contributed by atoms with E-state index in [0.29, 0.717) is 23.4 Å². The van der Waals surface area contributed by atoms with Crippen LogP contribution < -0.4 is 15.7 Å². The van der Waals surface area contributed by atoms with E-state index in [4.69, 9.17) is 9.15 Å². The predicted molar refractivity (Wildman–Crippen MR) is 109 cm³/mol. The Bertz CT molecular complexity index is 1090. The lowest BCUT2D eigenvalue weighted by Crippen LogP contribution is -2.36. The summed E-state index contributed by atoms with van der Waals surface area (Å²) in [5.74, 6) is 0.222. The third-order valence-electron chi connectivity index (χ3n) is 4.78. The number of imidazole rings is 1. The first kappa shape index (κ1) is 20.0. The topological polar surface area (TPSA) is 86.4 Å². The summed E-state index contributed by atoms with van der Waals surface area (Å²) in [5.41, 5.74) is 2.45.